The Hall–Kier alpha value is -1.79. The summed E-state index contributed by atoms with van der Waals surface area (Å²) in [5, 5.41) is -0.340. The van der Waals surface area contributed by atoms with Crippen LogP contribution in [0.4, 0.5) is 17.6 Å². The van der Waals surface area contributed by atoms with Gasteiger partial charge in [-0.15, -0.1) is 0 Å². The van der Waals surface area contributed by atoms with E-state index in [9.17, 15) is 22.4 Å². The minimum atomic E-state index is -1.87. The Bertz CT molecular complexity index is 765. The highest BCUT2D eigenvalue weighted by molar-refractivity contribution is 6.43. The predicted octanol–water partition coefficient (Wildman–Crippen LogP) is 5.39. The Morgan fingerprint density at radius 1 is 1.04 bits per heavy atom. The van der Waals surface area contributed by atoms with Crippen molar-refractivity contribution in [2.75, 3.05) is 6.61 Å². The molecule has 8 heteroatoms. The zero-order chi connectivity index (χ0) is 17.3. The second-order valence-corrected chi connectivity index (χ2v) is 5.11. The van der Waals surface area contributed by atoms with Crippen LogP contribution in [-0.2, 0) is 4.74 Å². The first-order chi connectivity index (χ1) is 10.8. The van der Waals surface area contributed by atoms with Crippen LogP contribution in [0.1, 0.15) is 17.3 Å². The fourth-order valence-corrected chi connectivity index (χ4v) is 2.34. The first-order valence-electron chi connectivity index (χ1n) is 6.28. The van der Waals surface area contributed by atoms with E-state index < -0.39 is 40.4 Å². The molecule has 0 heterocycles. The van der Waals surface area contributed by atoms with Gasteiger partial charge < -0.3 is 4.74 Å². The molecule has 2 nitrogen and oxygen atoms in total. The molecule has 2 aromatic carbocycles. The van der Waals surface area contributed by atoms with Crippen molar-refractivity contribution in [3.63, 3.8) is 0 Å². The molecule has 0 bridgehead atoms. The molecule has 0 N–H and O–H groups in total. The third-order valence-corrected chi connectivity index (χ3v) is 3.78. The average molecular weight is 367 g/mol. The first kappa shape index (κ1) is 17.6. The van der Waals surface area contributed by atoms with Gasteiger partial charge in [0.25, 0.3) is 0 Å². The highest BCUT2D eigenvalue weighted by Crippen LogP contribution is 2.38. The zero-order valence-electron chi connectivity index (χ0n) is 11.5. The molecule has 23 heavy (non-hydrogen) atoms. The lowest BCUT2D eigenvalue weighted by molar-refractivity contribution is 0.0512. The second kappa shape index (κ2) is 6.76. The summed E-state index contributed by atoms with van der Waals surface area (Å²) in [5.74, 6) is -8.78. The zero-order valence-corrected chi connectivity index (χ0v) is 13.0. The van der Waals surface area contributed by atoms with Gasteiger partial charge in [-0.1, -0.05) is 35.3 Å². The van der Waals surface area contributed by atoms with Crippen molar-refractivity contribution in [1.29, 1.82) is 0 Å². The SMILES string of the molecule is CCOC(=O)c1c(F)c(F)c(-c2cccc(Cl)c2Cl)c(F)c1F. The lowest BCUT2D eigenvalue weighted by Gasteiger charge is -2.13. The van der Waals surface area contributed by atoms with Gasteiger partial charge in [-0.05, 0) is 13.0 Å². The van der Waals surface area contributed by atoms with Gasteiger partial charge in [0.2, 0.25) is 0 Å². The standard InChI is InChI=1S/C15H8Cl2F4O2/c1-2-23-15(22)9-13(20)11(18)8(12(19)14(9)21)6-4-3-5-7(16)10(6)17/h3-5H,2H2,1H3. The van der Waals surface area contributed by atoms with E-state index in [1.165, 1.54) is 19.1 Å². The predicted molar refractivity (Wildman–Crippen MR) is 77.7 cm³/mol. The Labute approximate surface area is 138 Å². The highest BCUT2D eigenvalue weighted by atomic mass is 35.5. The summed E-state index contributed by atoms with van der Waals surface area (Å²) in [4.78, 5) is 11.5. The Balaban J connectivity index is 2.78. The number of ether oxygens (including phenoxy) is 1. The van der Waals surface area contributed by atoms with Crippen LogP contribution < -0.4 is 0 Å². The van der Waals surface area contributed by atoms with Crippen LogP contribution in [0, 0.1) is 23.3 Å². The van der Waals surface area contributed by atoms with Crippen molar-refractivity contribution in [2.45, 2.75) is 6.92 Å². The van der Waals surface area contributed by atoms with E-state index in [2.05, 4.69) is 4.74 Å². The van der Waals surface area contributed by atoms with Gasteiger partial charge in [0.1, 0.15) is 5.56 Å². The monoisotopic (exact) mass is 366 g/mol. The summed E-state index contributed by atoms with van der Waals surface area (Å²) in [5.41, 5.74) is -2.84. The minimum absolute atomic E-state index is 0.0572. The van der Waals surface area contributed by atoms with Gasteiger partial charge in [-0.25, -0.2) is 22.4 Å². The van der Waals surface area contributed by atoms with Gasteiger partial charge in [-0.3, -0.25) is 0 Å². The van der Waals surface area contributed by atoms with Crippen LogP contribution in [0.5, 0.6) is 0 Å². The van der Waals surface area contributed by atoms with Crippen molar-refractivity contribution in [3.05, 3.63) is 57.1 Å². The van der Waals surface area contributed by atoms with Crippen LogP contribution in [0.3, 0.4) is 0 Å². The number of benzene rings is 2. The number of esters is 1. The Morgan fingerprint density at radius 2 is 1.61 bits per heavy atom. The molecular formula is C15H8Cl2F4O2. The molecule has 0 radical (unpaired) electrons. The summed E-state index contributed by atoms with van der Waals surface area (Å²) < 4.78 is 60.9. The van der Waals surface area contributed by atoms with Crippen LogP contribution in [0.2, 0.25) is 10.0 Å². The number of rotatable bonds is 3. The molecule has 2 aromatic rings. The summed E-state index contributed by atoms with van der Waals surface area (Å²) in [6.45, 7) is 1.16. The fourth-order valence-electron chi connectivity index (χ4n) is 1.95. The Morgan fingerprint density at radius 3 is 2.13 bits per heavy atom. The van der Waals surface area contributed by atoms with E-state index in [1.807, 2.05) is 0 Å². The van der Waals surface area contributed by atoms with E-state index in [4.69, 9.17) is 23.2 Å². The highest BCUT2D eigenvalue weighted by Gasteiger charge is 2.31. The van der Waals surface area contributed by atoms with E-state index in [1.54, 1.807) is 0 Å². The normalized spacial score (nSPS) is 10.7. The number of hydrogen-bond acceptors (Lipinski definition) is 2. The van der Waals surface area contributed by atoms with Crippen LogP contribution >= 0.6 is 23.2 Å². The largest absolute Gasteiger partial charge is 0.462 e. The van der Waals surface area contributed by atoms with Crippen molar-refractivity contribution >= 4 is 29.2 Å². The summed E-state index contributed by atoms with van der Waals surface area (Å²) in [7, 11) is 0. The fraction of sp³-hybridized carbons (Fsp3) is 0.133. The van der Waals surface area contributed by atoms with E-state index in [-0.39, 0.29) is 22.2 Å². The molecule has 0 aliphatic heterocycles. The maximum absolute atomic E-state index is 14.2. The van der Waals surface area contributed by atoms with E-state index in [0.29, 0.717) is 0 Å². The number of carbonyl (C=O) groups excluding carboxylic acids is 1. The molecule has 0 saturated heterocycles. The summed E-state index contributed by atoms with van der Waals surface area (Å²) in [6.07, 6.45) is 0. The molecular weight excluding hydrogens is 359 g/mol. The molecule has 0 amide bonds. The third-order valence-electron chi connectivity index (χ3n) is 2.96. The minimum Gasteiger partial charge on any atom is -0.462 e. The third kappa shape index (κ3) is 3.01. The first-order valence-corrected chi connectivity index (χ1v) is 7.04. The van der Waals surface area contributed by atoms with Gasteiger partial charge >= 0.3 is 5.97 Å². The number of hydrogen-bond donors (Lipinski definition) is 0. The van der Waals surface area contributed by atoms with Crippen molar-refractivity contribution in [1.82, 2.24) is 0 Å². The average Bonchev–Trinajstić information content (AvgIpc) is 2.50. The molecule has 0 saturated carbocycles. The maximum Gasteiger partial charge on any atom is 0.344 e. The molecule has 0 aromatic heterocycles. The molecule has 0 atom stereocenters. The van der Waals surface area contributed by atoms with Crippen molar-refractivity contribution in [2.24, 2.45) is 0 Å². The second-order valence-electron chi connectivity index (χ2n) is 4.33. The number of halogens is 6. The molecule has 0 aliphatic rings. The van der Waals surface area contributed by atoms with Gasteiger partial charge in [0.15, 0.2) is 23.3 Å². The van der Waals surface area contributed by atoms with Gasteiger partial charge in [0, 0.05) is 5.56 Å². The van der Waals surface area contributed by atoms with Crippen molar-refractivity contribution < 1.29 is 27.1 Å². The molecule has 0 unspecified atom stereocenters. The van der Waals surface area contributed by atoms with Crippen LogP contribution in [-0.4, -0.2) is 12.6 Å². The lowest BCUT2D eigenvalue weighted by Crippen LogP contribution is -2.14. The topological polar surface area (TPSA) is 26.3 Å². The van der Waals surface area contributed by atoms with Gasteiger partial charge in [0.05, 0.1) is 22.2 Å². The quantitative estimate of drug-likeness (QED) is 0.413. The smallest absolute Gasteiger partial charge is 0.344 e. The summed E-state index contributed by atoms with van der Waals surface area (Å²) >= 11 is 11.6. The molecule has 0 spiro atoms. The van der Waals surface area contributed by atoms with Gasteiger partial charge in [-0.2, -0.15) is 0 Å². The molecule has 0 fully saturated rings. The lowest BCUT2D eigenvalue weighted by atomic mass is 10.0. The van der Waals surface area contributed by atoms with E-state index in [0.717, 1.165) is 6.07 Å². The van der Waals surface area contributed by atoms with Crippen LogP contribution in [0.25, 0.3) is 11.1 Å². The maximum atomic E-state index is 14.2. The Kier molecular flexibility index (Phi) is 5.16. The molecule has 0 aliphatic carbocycles. The summed E-state index contributed by atoms with van der Waals surface area (Å²) in [6, 6.07) is 3.78. The van der Waals surface area contributed by atoms with Crippen molar-refractivity contribution in [3.8, 4) is 11.1 Å². The number of carbonyl (C=O) groups is 1. The molecule has 2 rings (SSSR count). The van der Waals surface area contributed by atoms with E-state index >= 15 is 0 Å². The van der Waals surface area contributed by atoms with Crippen LogP contribution in [0.15, 0.2) is 18.2 Å². The molecule has 122 valence electrons.